The quantitative estimate of drug-likeness (QED) is 0.628. The van der Waals surface area contributed by atoms with E-state index in [1.165, 1.54) is 0 Å². The number of benzene rings is 1. The average molecular weight is 332 g/mol. The highest BCUT2D eigenvalue weighted by atomic mass is 16.6. The van der Waals surface area contributed by atoms with E-state index in [0.29, 0.717) is 36.0 Å². The molecule has 0 spiro atoms. The van der Waals surface area contributed by atoms with Crippen molar-refractivity contribution in [3.05, 3.63) is 36.4 Å². The van der Waals surface area contributed by atoms with Crippen LogP contribution in [-0.2, 0) is 0 Å². The fourth-order valence-corrected chi connectivity index (χ4v) is 1.68. The molecule has 130 valence electrons. The van der Waals surface area contributed by atoms with E-state index in [1.807, 2.05) is 13.8 Å². The number of ether oxygens (including phenoxy) is 1. The summed E-state index contributed by atoms with van der Waals surface area (Å²) in [6.07, 6.45) is -0.329. The van der Waals surface area contributed by atoms with E-state index in [0.717, 1.165) is 0 Å². The van der Waals surface area contributed by atoms with E-state index < -0.39 is 0 Å². The Morgan fingerprint density at radius 1 is 1.00 bits per heavy atom. The molecule has 0 aliphatic rings. The average Bonchev–Trinajstić information content (AvgIpc) is 2.55. The summed E-state index contributed by atoms with van der Waals surface area (Å²) in [4.78, 5) is 16.8. The summed E-state index contributed by atoms with van der Waals surface area (Å²) in [5, 5.41) is 0. The third kappa shape index (κ3) is 5.91. The second kappa shape index (κ2) is 9.09. The van der Waals surface area contributed by atoms with Crippen LogP contribution >= 0.6 is 0 Å². The molecule has 0 unspecified atom stereocenters. The van der Waals surface area contributed by atoms with Crippen LogP contribution in [0.3, 0.4) is 0 Å². The van der Waals surface area contributed by atoms with E-state index >= 15 is 0 Å². The minimum absolute atomic E-state index is 0.287. The van der Waals surface area contributed by atoms with Gasteiger partial charge in [-0.05, 0) is 50.2 Å². The van der Waals surface area contributed by atoms with Gasteiger partial charge in [-0.2, -0.15) is 0 Å². The highest BCUT2D eigenvalue weighted by molar-refractivity contribution is 5.70. The van der Waals surface area contributed by atoms with Gasteiger partial charge in [-0.1, -0.05) is 0 Å². The number of nitrogens with zero attached hydrogens (tertiary/aromatic N) is 2. The molecule has 0 saturated carbocycles. The number of rotatable bonds is 3. The van der Waals surface area contributed by atoms with Gasteiger partial charge in [-0.25, -0.2) is 9.78 Å². The zero-order valence-corrected chi connectivity index (χ0v) is 13.9. The third-order valence-electron chi connectivity index (χ3n) is 3.09. The normalized spacial score (nSPS) is 9.58. The molecule has 2 rings (SSSR count). The first-order valence-corrected chi connectivity index (χ1v) is 7.47. The van der Waals surface area contributed by atoms with Gasteiger partial charge in [-0.3, -0.25) is 0 Å². The van der Waals surface area contributed by atoms with Crippen molar-refractivity contribution in [2.45, 2.75) is 13.8 Å². The van der Waals surface area contributed by atoms with Gasteiger partial charge in [0, 0.05) is 18.8 Å². The molecule has 0 bridgehead atoms. The first-order valence-electron chi connectivity index (χ1n) is 7.47. The van der Waals surface area contributed by atoms with Crippen molar-refractivity contribution in [2.24, 2.45) is 0 Å². The molecule has 8 heteroatoms. The maximum absolute atomic E-state index is 11.5. The van der Waals surface area contributed by atoms with Gasteiger partial charge >= 0.3 is 6.09 Å². The number of anilines is 4. The lowest BCUT2D eigenvalue weighted by Gasteiger charge is -2.17. The SMILES string of the molecule is CCN(CC)C(=O)Oc1ccc(N)cc1.Nc1ccc(N)c(N)n1. The fourth-order valence-electron chi connectivity index (χ4n) is 1.68. The molecule has 8 N–H and O–H groups in total. The zero-order valence-electron chi connectivity index (χ0n) is 13.9. The van der Waals surface area contributed by atoms with E-state index in [-0.39, 0.29) is 11.9 Å². The molecule has 2 aromatic rings. The summed E-state index contributed by atoms with van der Waals surface area (Å²) < 4.78 is 5.14. The minimum Gasteiger partial charge on any atom is -0.410 e. The van der Waals surface area contributed by atoms with E-state index in [4.69, 9.17) is 27.7 Å². The van der Waals surface area contributed by atoms with Crippen molar-refractivity contribution < 1.29 is 9.53 Å². The number of aromatic nitrogens is 1. The van der Waals surface area contributed by atoms with Crippen LogP contribution in [0.25, 0.3) is 0 Å². The number of carbonyl (C=O) groups is 1. The Morgan fingerprint density at radius 2 is 1.58 bits per heavy atom. The third-order valence-corrected chi connectivity index (χ3v) is 3.09. The molecular weight excluding hydrogens is 308 g/mol. The number of nitrogen functional groups attached to an aromatic ring is 4. The molecule has 0 atom stereocenters. The van der Waals surface area contributed by atoms with E-state index in [9.17, 15) is 4.79 Å². The first kappa shape index (κ1) is 18.9. The van der Waals surface area contributed by atoms with Crippen LogP contribution in [-0.4, -0.2) is 29.1 Å². The van der Waals surface area contributed by atoms with Crippen molar-refractivity contribution in [3.63, 3.8) is 0 Å². The second-order valence-electron chi connectivity index (χ2n) is 4.82. The van der Waals surface area contributed by atoms with Crippen LogP contribution in [0, 0.1) is 0 Å². The Hall–Kier alpha value is -3.16. The molecule has 0 aliphatic heterocycles. The number of hydrogen-bond acceptors (Lipinski definition) is 7. The minimum atomic E-state index is -0.329. The van der Waals surface area contributed by atoms with E-state index in [1.54, 1.807) is 41.3 Å². The van der Waals surface area contributed by atoms with E-state index in [2.05, 4.69) is 4.98 Å². The van der Waals surface area contributed by atoms with Crippen LogP contribution in [0.4, 0.5) is 27.8 Å². The zero-order chi connectivity index (χ0) is 18.1. The molecule has 1 aromatic heterocycles. The lowest BCUT2D eigenvalue weighted by molar-refractivity contribution is 0.157. The van der Waals surface area contributed by atoms with Gasteiger partial charge in [0.2, 0.25) is 0 Å². The van der Waals surface area contributed by atoms with Crippen LogP contribution in [0.1, 0.15) is 13.8 Å². The molecule has 0 aliphatic carbocycles. The van der Waals surface area contributed by atoms with Gasteiger partial charge < -0.3 is 32.6 Å². The van der Waals surface area contributed by atoms with Crippen molar-refractivity contribution in [1.29, 1.82) is 0 Å². The monoisotopic (exact) mass is 332 g/mol. The molecule has 1 heterocycles. The van der Waals surface area contributed by atoms with Crippen LogP contribution in [0.2, 0.25) is 0 Å². The number of pyridine rings is 1. The largest absolute Gasteiger partial charge is 0.415 e. The maximum atomic E-state index is 11.5. The van der Waals surface area contributed by atoms with Gasteiger partial charge in [0.1, 0.15) is 17.4 Å². The Bertz CT molecular complexity index is 656. The Balaban J connectivity index is 0.000000272. The Kier molecular flexibility index (Phi) is 7.15. The molecule has 1 amide bonds. The summed E-state index contributed by atoms with van der Waals surface area (Å²) in [5.74, 6) is 1.19. The fraction of sp³-hybridized carbons (Fsp3) is 0.250. The van der Waals surface area contributed by atoms with Crippen molar-refractivity contribution in [1.82, 2.24) is 9.88 Å². The molecular formula is C16H24N6O2. The summed E-state index contributed by atoms with van der Waals surface area (Å²) in [6, 6.07) is 9.98. The molecule has 1 aromatic carbocycles. The van der Waals surface area contributed by atoms with Crippen LogP contribution < -0.4 is 27.7 Å². The summed E-state index contributed by atoms with van der Waals surface area (Å²) >= 11 is 0. The Morgan fingerprint density at radius 3 is 2.04 bits per heavy atom. The van der Waals surface area contributed by atoms with Gasteiger partial charge in [-0.15, -0.1) is 0 Å². The molecule has 24 heavy (non-hydrogen) atoms. The Labute approximate surface area is 141 Å². The highest BCUT2D eigenvalue weighted by Crippen LogP contribution is 2.14. The molecule has 0 fully saturated rings. The smallest absolute Gasteiger partial charge is 0.410 e. The van der Waals surface area contributed by atoms with Crippen LogP contribution in [0.5, 0.6) is 5.75 Å². The van der Waals surface area contributed by atoms with Crippen molar-refractivity contribution in [3.8, 4) is 5.75 Å². The molecule has 0 radical (unpaired) electrons. The number of nitrogens with two attached hydrogens (primary N) is 4. The van der Waals surface area contributed by atoms with Crippen molar-refractivity contribution in [2.75, 3.05) is 36.0 Å². The second-order valence-corrected chi connectivity index (χ2v) is 4.82. The van der Waals surface area contributed by atoms with Gasteiger partial charge in [0.25, 0.3) is 0 Å². The van der Waals surface area contributed by atoms with Gasteiger partial charge in [0.15, 0.2) is 0 Å². The van der Waals surface area contributed by atoms with Crippen LogP contribution in [0.15, 0.2) is 36.4 Å². The summed E-state index contributed by atoms with van der Waals surface area (Å²) in [6.45, 7) is 5.11. The standard InChI is InChI=1S/C11H16N2O2.C5H8N4/c1-3-13(4-2)11(14)15-10-7-5-9(12)6-8-10;6-3-1-2-4(7)9-5(3)8/h5-8H,3-4,12H2,1-2H3;1-2H,6H2,(H4,7,8,9). The number of hydrogen-bond donors (Lipinski definition) is 4. The molecule has 0 saturated heterocycles. The first-order chi connectivity index (χ1) is 11.4. The van der Waals surface area contributed by atoms with Crippen molar-refractivity contribution >= 4 is 29.1 Å². The number of amides is 1. The highest BCUT2D eigenvalue weighted by Gasteiger charge is 2.11. The lowest BCUT2D eigenvalue weighted by Crippen LogP contribution is -2.33. The summed E-state index contributed by atoms with van der Waals surface area (Å²) in [5.41, 5.74) is 22.6. The lowest BCUT2D eigenvalue weighted by atomic mass is 10.3. The van der Waals surface area contributed by atoms with Gasteiger partial charge in [0.05, 0.1) is 5.69 Å². The topological polar surface area (TPSA) is 147 Å². The molecule has 8 nitrogen and oxygen atoms in total. The maximum Gasteiger partial charge on any atom is 0.415 e. The predicted molar refractivity (Wildman–Crippen MR) is 97.3 cm³/mol. The predicted octanol–water partition coefficient (Wildman–Crippen LogP) is 1.94. The number of carbonyl (C=O) groups excluding carboxylic acids is 1. The summed E-state index contributed by atoms with van der Waals surface area (Å²) in [7, 11) is 0.